The molecule has 0 spiro atoms. The molecule has 0 fully saturated rings. The van der Waals surface area contributed by atoms with Crippen molar-refractivity contribution in [1.29, 1.82) is 0 Å². The van der Waals surface area contributed by atoms with Crippen LogP contribution in [-0.2, 0) is 0 Å². The maximum absolute atomic E-state index is 11.9. The second kappa shape index (κ2) is 5.42. The summed E-state index contributed by atoms with van der Waals surface area (Å²) in [5.74, 6) is -0.278. The monoisotopic (exact) mass is 325 g/mol. The predicted octanol–water partition coefficient (Wildman–Crippen LogP) is 4.06. The predicted molar refractivity (Wildman–Crippen MR) is 75.2 cm³/mol. The van der Waals surface area contributed by atoms with Crippen LogP contribution in [-0.4, -0.2) is 11.0 Å². The van der Waals surface area contributed by atoms with Crippen molar-refractivity contribution in [2.24, 2.45) is 0 Å². The lowest BCUT2D eigenvalue weighted by Gasteiger charge is -2.07. The number of amides is 1. The molecule has 2 rings (SSSR count). The fraction of sp³-hybridized carbons (Fsp3) is 0. The largest absolute Gasteiger partial charge is 0.508 e. The number of nitrogens with one attached hydrogen (secondary N) is 1. The molecule has 0 heterocycles. The Morgan fingerprint density at radius 1 is 1.22 bits per heavy atom. The van der Waals surface area contributed by atoms with Crippen molar-refractivity contribution in [3.63, 3.8) is 0 Å². The molecule has 2 aromatic rings. The molecule has 0 saturated carbocycles. The maximum Gasteiger partial charge on any atom is 0.255 e. The van der Waals surface area contributed by atoms with Crippen LogP contribution >= 0.6 is 27.5 Å². The van der Waals surface area contributed by atoms with Gasteiger partial charge < -0.3 is 10.4 Å². The third-order valence-corrected chi connectivity index (χ3v) is 3.09. The van der Waals surface area contributed by atoms with Crippen molar-refractivity contribution in [3.05, 3.63) is 57.5 Å². The Hall–Kier alpha value is -1.52. The van der Waals surface area contributed by atoms with Gasteiger partial charge >= 0.3 is 0 Å². The summed E-state index contributed by atoms with van der Waals surface area (Å²) in [6.07, 6.45) is 0. The molecule has 0 aromatic heterocycles. The molecule has 3 nitrogen and oxygen atoms in total. The Kier molecular flexibility index (Phi) is 3.89. The van der Waals surface area contributed by atoms with Crippen molar-refractivity contribution < 1.29 is 9.90 Å². The molecule has 0 aliphatic carbocycles. The Morgan fingerprint density at radius 2 is 2.00 bits per heavy atom. The van der Waals surface area contributed by atoms with Crippen LogP contribution in [0.3, 0.4) is 0 Å². The number of halogens is 2. The fourth-order valence-corrected chi connectivity index (χ4v) is 2.15. The second-order valence-corrected chi connectivity index (χ2v) is 4.95. The molecule has 0 atom stereocenters. The summed E-state index contributed by atoms with van der Waals surface area (Å²) in [5, 5.41) is 12.4. The normalized spacial score (nSPS) is 10.1. The van der Waals surface area contributed by atoms with Gasteiger partial charge in [0.1, 0.15) is 5.75 Å². The summed E-state index contributed by atoms with van der Waals surface area (Å²) < 4.78 is 0.836. The highest BCUT2D eigenvalue weighted by molar-refractivity contribution is 9.10. The molecular weight excluding hydrogens is 318 g/mol. The number of carbonyl (C=O) groups excluding carboxylic acids is 1. The molecule has 0 saturated heterocycles. The number of hydrogen-bond donors (Lipinski definition) is 2. The van der Waals surface area contributed by atoms with Crippen LogP contribution in [0, 0.1) is 0 Å². The number of phenols is 1. The minimum absolute atomic E-state index is 0.0459. The van der Waals surface area contributed by atoms with E-state index in [0.717, 1.165) is 4.47 Å². The zero-order valence-electron chi connectivity index (χ0n) is 9.15. The maximum atomic E-state index is 11.9. The quantitative estimate of drug-likeness (QED) is 0.874. The van der Waals surface area contributed by atoms with Gasteiger partial charge in [0.25, 0.3) is 5.91 Å². The van der Waals surface area contributed by atoms with Crippen LogP contribution in [0.1, 0.15) is 10.4 Å². The number of aromatic hydroxyl groups is 1. The van der Waals surface area contributed by atoms with Gasteiger partial charge in [-0.15, -0.1) is 0 Å². The third kappa shape index (κ3) is 3.03. The molecule has 0 unspecified atom stereocenters. The highest BCUT2D eigenvalue weighted by Gasteiger charge is 2.09. The zero-order chi connectivity index (χ0) is 13.1. The van der Waals surface area contributed by atoms with Crippen molar-refractivity contribution in [2.75, 3.05) is 5.32 Å². The number of carbonyl (C=O) groups is 1. The van der Waals surface area contributed by atoms with E-state index in [-0.39, 0.29) is 11.7 Å². The molecule has 0 aliphatic heterocycles. The molecule has 0 aliphatic rings. The van der Waals surface area contributed by atoms with Gasteiger partial charge in [0.05, 0.1) is 10.7 Å². The number of anilines is 1. The number of phenolic OH excluding ortho intramolecular Hbond substituents is 1. The smallest absolute Gasteiger partial charge is 0.255 e. The van der Waals surface area contributed by atoms with Crippen LogP contribution < -0.4 is 5.32 Å². The van der Waals surface area contributed by atoms with E-state index in [1.54, 1.807) is 30.3 Å². The van der Waals surface area contributed by atoms with Crippen LogP contribution in [0.4, 0.5) is 5.69 Å². The van der Waals surface area contributed by atoms with E-state index < -0.39 is 0 Å². The highest BCUT2D eigenvalue weighted by atomic mass is 79.9. The summed E-state index contributed by atoms with van der Waals surface area (Å²) in [7, 11) is 0. The first kappa shape index (κ1) is 12.9. The molecule has 1 amide bonds. The van der Waals surface area contributed by atoms with Gasteiger partial charge in [-0.1, -0.05) is 33.6 Å². The number of hydrogen-bond acceptors (Lipinski definition) is 2. The molecular formula is C13H9BrClNO2. The van der Waals surface area contributed by atoms with Crippen molar-refractivity contribution in [3.8, 4) is 5.75 Å². The molecule has 18 heavy (non-hydrogen) atoms. The van der Waals surface area contributed by atoms with Crippen LogP contribution in [0.15, 0.2) is 46.9 Å². The van der Waals surface area contributed by atoms with E-state index >= 15 is 0 Å². The molecule has 0 radical (unpaired) electrons. The molecule has 92 valence electrons. The van der Waals surface area contributed by atoms with Crippen LogP contribution in [0.5, 0.6) is 5.75 Å². The topological polar surface area (TPSA) is 49.3 Å². The first-order valence-electron chi connectivity index (χ1n) is 5.12. The Labute approximate surface area is 118 Å². The molecule has 2 N–H and O–H groups in total. The molecule has 2 aromatic carbocycles. The van der Waals surface area contributed by atoms with E-state index in [9.17, 15) is 9.90 Å². The first-order valence-corrected chi connectivity index (χ1v) is 6.29. The lowest BCUT2D eigenvalue weighted by Crippen LogP contribution is -2.11. The van der Waals surface area contributed by atoms with Crippen molar-refractivity contribution >= 4 is 39.1 Å². The van der Waals surface area contributed by atoms with Crippen molar-refractivity contribution in [1.82, 2.24) is 0 Å². The summed E-state index contributed by atoms with van der Waals surface area (Å²) in [4.78, 5) is 11.9. The highest BCUT2D eigenvalue weighted by Crippen LogP contribution is 2.26. The van der Waals surface area contributed by atoms with Gasteiger partial charge in [0.15, 0.2) is 0 Å². The van der Waals surface area contributed by atoms with Gasteiger partial charge in [-0.25, -0.2) is 0 Å². The Morgan fingerprint density at radius 3 is 2.67 bits per heavy atom. The first-order chi connectivity index (χ1) is 8.56. The van der Waals surface area contributed by atoms with E-state index in [4.69, 9.17) is 11.6 Å². The van der Waals surface area contributed by atoms with Gasteiger partial charge in [-0.05, 0) is 36.4 Å². The average molecular weight is 327 g/mol. The van der Waals surface area contributed by atoms with Crippen molar-refractivity contribution in [2.45, 2.75) is 0 Å². The van der Waals surface area contributed by atoms with Gasteiger partial charge in [0.2, 0.25) is 0 Å². The summed E-state index contributed by atoms with van der Waals surface area (Å²) in [6.45, 7) is 0. The number of rotatable bonds is 2. The van der Waals surface area contributed by atoms with Gasteiger partial charge in [0, 0.05) is 10.0 Å². The summed E-state index contributed by atoms with van der Waals surface area (Å²) in [5.41, 5.74) is 0.891. The minimum atomic E-state index is -0.324. The third-order valence-electron chi connectivity index (χ3n) is 2.29. The average Bonchev–Trinajstić information content (AvgIpc) is 2.32. The fourth-order valence-electron chi connectivity index (χ4n) is 1.43. The van der Waals surface area contributed by atoms with E-state index in [1.165, 1.54) is 12.1 Å². The van der Waals surface area contributed by atoms with E-state index in [1.807, 2.05) is 0 Å². The Balaban J connectivity index is 2.21. The lowest BCUT2D eigenvalue weighted by molar-refractivity contribution is 0.102. The van der Waals surface area contributed by atoms with Gasteiger partial charge in [-0.3, -0.25) is 4.79 Å². The summed E-state index contributed by atoms with van der Waals surface area (Å²) >= 11 is 9.28. The zero-order valence-corrected chi connectivity index (χ0v) is 11.5. The van der Waals surface area contributed by atoms with Gasteiger partial charge in [-0.2, -0.15) is 0 Å². The van der Waals surface area contributed by atoms with Crippen LogP contribution in [0.25, 0.3) is 0 Å². The lowest BCUT2D eigenvalue weighted by atomic mass is 10.2. The van der Waals surface area contributed by atoms with Crippen LogP contribution in [0.2, 0.25) is 5.02 Å². The molecule has 0 bridgehead atoms. The SMILES string of the molecule is O=C(Nc1ccc(Br)cc1Cl)c1cccc(O)c1. The second-order valence-electron chi connectivity index (χ2n) is 3.63. The Bertz CT molecular complexity index is 601. The van der Waals surface area contributed by atoms with E-state index in [2.05, 4.69) is 21.2 Å². The number of benzene rings is 2. The standard InChI is InChI=1S/C13H9BrClNO2/c14-9-4-5-12(11(15)7-9)16-13(18)8-2-1-3-10(17)6-8/h1-7,17H,(H,16,18). The minimum Gasteiger partial charge on any atom is -0.508 e. The molecule has 5 heteroatoms. The van der Waals surface area contributed by atoms with E-state index in [0.29, 0.717) is 16.3 Å². The summed E-state index contributed by atoms with van der Waals surface area (Å²) in [6, 6.07) is 11.3.